The molecule has 0 aromatic heterocycles. The van der Waals surface area contributed by atoms with Crippen molar-refractivity contribution in [2.24, 2.45) is 0 Å². The Morgan fingerprint density at radius 1 is 0.917 bits per heavy atom. The second kappa shape index (κ2) is 6.75. The molecule has 0 atom stereocenters. The standard InChI is InChI=1S/C9H22O2S/c1-4-7-12(11-10,8-5-2)9-6-3/h11H,4-9H2,1-3H3. The van der Waals surface area contributed by atoms with Crippen LogP contribution in [0.15, 0.2) is 0 Å². The lowest BCUT2D eigenvalue weighted by Gasteiger charge is -2.35. The molecule has 0 amide bonds. The Balaban J connectivity index is 4.06. The van der Waals surface area contributed by atoms with Crippen molar-refractivity contribution in [2.45, 2.75) is 40.0 Å². The Morgan fingerprint density at radius 2 is 1.25 bits per heavy atom. The summed E-state index contributed by atoms with van der Waals surface area (Å²) in [5.74, 6) is 3.12. The van der Waals surface area contributed by atoms with Gasteiger partial charge in [0, 0.05) is 17.3 Å². The molecule has 0 saturated heterocycles. The third-order valence-corrected chi connectivity index (χ3v) is 5.73. The van der Waals surface area contributed by atoms with E-state index >= 15 is 0 Å². The van der Waals surface area contributed by atoms with Crippen molar-refractivity contribution in [3.8, 4) is 0 Å². The minimum absolute atomic E-state index is 1.04. The molecule has 0 aliphatic heterocycles. The van der Waals surface area contributed by atoms with Crippen LogP contribution in [0.1, 0.15) is 40.0 Å². The molecule has 12 heavy (non-hydrogen) atoms. The van der Waals surface area contributed by atoms with E-state index < -0.39 is 10.3 Å². The molecule has 3 heteroatoms. The number of hydrogen-bond donors (Lipinski definition) is 0. The van der Waals surface area contributed by atoms with E-state index in [0.717, 1.165) is 36.5 Å². The van der Waals surface area contributed by atoms with Gasteiger partial charge < -0.3 is 9.59 Å². The van der Waals surface area contributed by atoms with Gasteiger partial charge in [0.2, 0.25) is 0 Å². The Bertz CT molecular complexity index is 89.7. The molecule has 1 N–H and O–H groups in total. The highest BCUT2D eigenvalue weighted by Gasteiger charge is 2.24. The Labute approximate surface area is 77.8 Å². The topological polar surface area (TPSA) is 35.9 Å². The van der Waals surface area contributed by atoms with Crippen LogP contribution >= 0.6 is 10.3 Å². The first-order valence-electron chi connectivity index (χ1n) is 4.85. The maximum Gasteiger partial charge on any atom is 0.0390 e. The Hall–Kier alpha value is 0.270. The first-order valence-corrected chi connectivity index (χ1v) is 6.95. The van der Waals surface area contributed by atoms with Crippen molar-refractivity contribution in [2.75, 3.05) is 17.3 Å². The van der Waals surface area contributed by atoms with E-state index in [-0.39, 0.29) is 0 Å². The zero-order valence-electron chi connectivity index (χ0n) is 8.51. The highest BCUT2D eigenvalue weighted by atomic mass is 32.3. The van der Waals surface area contributed by atoms with Gasteiger partial charge in [-0.05, 0) is 29.6 Å². The van der Waals surface area contributed by atoms with Gasteiger partial charge in [0.25, 0.3) is 0 Å². The Kier molecular flexibility index (Phi) is 6.90. The van der Waals surface area contributed by atoms with Gasteiger partial charge in [-0.2, -0.15) is 0 Å². The lowest BCUT2D eigenvalue weighted by atomic mass is 10.6. The van der Waals surface area contributed by atoms with E-state index in [1.165, 1.54) is 0 Å². The van der Waals surface area contributed by atoms with Crippen molar-refractivity contribution in [3.63, 3.8) is 0 Å². The van der Waals surface area contributed by atoms with E-state index in [1.807, 2.05) is 0 Å². The monoisotopic (exact) mass is 194 g/mol. The van der Waals surface area contributed by atoms with Crippen LogP contribution in [0.5, 0.6) is 0 Å². The van der Waals surface area contributed by atoms with Crippen molar-refractivity contribution in [1.29, 1.82) is 0 Å². The molecule has 0 aliphatic rings. The van der Waals surface area contributed by atoms with Crippen LogP contribution < -0.4 is 5.26 Å². The zero-order valence-corrected chi connectivity index (χ0v) is 9.32. The summed E-state index contributed by atoms with van der Waals surface area (Å²) in [5, 5.41) is 10.8. The molecule has 2 nitrogen and oxygen atoms in total. The molecule has 0 heterocycles. The fourth-order valence-corrected chi connectivity index (χ4v) is 4.67. The summed E-state index contributed by atoms with van der Waals surface area (Å²) in [6.45, 7) is 6.41. The van der Waals surface area contributed by atoms with Crippen molar-refractivity contribution < 1.29 is 9.59 Å². The molecule has 0 saturated carbocycles. The van der Waals surface area contributed by atoms with Crippen molar-refractivity contribution >= 4 is 10.3 Å². The summed E-state index contributed by atoms with van der Waals surface area (Å²) >= 11 is 0. The van der Waals surface area contributed by atoms with Gasteiger partial charge in [0.15, 0.2) is 0 Å². The maximum absolute atomic E-state index is 10.8. The molecule has 0 aromatic carbocycles. The van der Waals surface area contributed by atoms with Gasteiger partial charge in [-0.25, -0.2) is 0 Å². The predicted octanol–water partition coefficient (Wildman–Crippen LogP) is 2.30. The zero-order chi connectivity index (χ0) is 9.45. The molecule has 0 aliphatic carbocycles. The molecular weight excluding hydrogens is 172 g/mol. The number of rotatable bonds is 7. The van der Waals surface area contributed by atoms with Gasteiger partial charge in [-0.15, -0.1) is 0 Å². The summed E-state index contributed by atoms with van der Waals surface area (Å²) in [6.07, 6.45) is 3.29. The van der Waals surface area contributed by atoms with Crippen LogP contribution in [-0.4, -0.2) is 21.6 Å². The highest BCUT2D eigenvalue weighted by Crippen LogP contribution is 2.46. The normalized spacial score (nSPS) is 13.3. The van der Waals surface area contributed by atoms with E-state index in [2.05, 4.69) is 25.1 Å². The second-order valence-corrected chi connectivity index (χ2v) is 6.56. The molecule has 0 unspecified atom stereocenters. The van der Waals surface area contributed by atoms with Crippen LogP contribution in [0.25, 0.3) is 0 Å². The van der Waals surface area contributed by atoms with Crippen LogP contribution in [-0.2, 0) is 0 Å². The molecule has 0 fully saturated rings. The van der Waals surface area contributed by atoms with Crippen LogP contribution in [0.2, 0.25) is 0 Å². The third kappa shape index (κ3) is 3.78. The van der Waals surface area contributed by atoms with Gasteiger partial charge in [-0.3, -0.25) is 0 Å². The predicted molar refractivity (Wildman–Crippen MR) is 55.7 cm³/mol. The lowest BCUT2D eigenvalue weighted by Crippen LogP contribution is -2.26. The first-order chi connectivity index (χ1) is 5.74. The summed E-state index contributed by atoms with van der Waals surface area (Å²) in [7, 11) is -1.12. The molecular formula is C9H22O2S. The second-order valence-electron chi connectivity index (χ2n) is 3.19. The SMILES string of the molecule is CCCS(CCC)(CCC)[OH+][O-]. The number of hydrogen-bond acceptors (Lipinski definition) is 1. The first kappa shape index (κ1) is 12.3. The molecule has 0 aromatic rings. The molecule has 0 spiro atoms. The van der Waals surface area contributed by atoms with E-state index in [0.29, 0.717) is 0 Å². The molecule has 0 rings (SSSR count). The van der Waals surface area contributed by atoms with Crippen LogP contribution in [0.4, 0.5) is 0 Å². The quantitative estimate of drug-likeness (QED) is 0.348. The maximum atomic E-state index is 10.8. The molecule has 76 valence electrons. The van der Waals surface area contributed by atoms with Gasteiger partial charge in [0.1, 0.15) is 0 Å². The average Bonchev–Trinajstić information content (AvgIpc) is 2.06. The minimum atomic E-state index is -1.12. The molecule has 0 bridgehead atoms. The Morgan fingerprint density at radius 3 is 1.42 bits per heavy atom. The molecule has 0 radical (unpaired) electrons. The third-order valence-electron chi connectivity index (χ3n) is 1.91. The summed E-state index contributed by atoms with van der Waals surface area (Å²) in [5.41, 5.74) is 0. The highest BCUT2D eigenvalue weighted by molar-refractivity contribution is 8.29. The van der Waals surface area contributed by atoms with Gasteiger partial charge in [0.05, 0.1) is 0 Å². The van der Waals surface area contributed by atoms with Crippen molar-refractivity contribution in [3.05, 3.63) is 0 Å². The van der Waals surface area contributed by atoms with Crippen LogP contribution in [0, 0.1) is 0 Å². The lowest BCUT2D eigenvalue weighted by molar-refractivity contribution is -0.714. The van der Waals surface area contributed by atoms with E-state index in [1.54, 1.807) is 0 Å². The minimum Gasteiger partial charge on any atom is -0.521 e. The fraction of sp³-hybridized carbons (Fsp3) is 1.00. The largest absolute Gasteiger partial charge is 0.521 e. The van der Waals surface area contributed by atoms with Crippen molar-refractivity contribution in [1.82, 2.24) is 0 Å². The summed E-state index contributed by atoms with van der Waals surface area (Å²) < 4.78 is 3.42. The smallest absolute Gasteiger partial charge is 0.0390 e. The van der Waals surface area contributed by atoms with E-state index in [9.17, 15) is 5.26 Å². The van der Waals surface area contributed by atoms with Gasteiger partial charge in [-0.1, -0.05) is 20.8 Å². The summed E-state index contributed by atoms with van der Waals surface area (Å²) in [6, 6.07) is 0. The van der Waals surface area contributed by atoms with Gasteiger partial charge >= 0.3 is 0 Å². The fourth-order valence-electron chi connectivity index (χ4n) is 1.56. The van der Waals surface area contributed by atoms with E-state index in [4.69, 9.17) is 0 Å². The summed E-state index contributed by atoms with van der Waals surface area (Å²) in [4.78, 5) is 0. The van der Waals surface area contributed by atoms with Crippen LogP contribution in [0.3, 0.4) is 0 Å². The average molecular weight is 194 g/mol.